The zero-order valence-electron chi connectivity index (χ0n) is 13.0. The first-order valence-electron chi connectivity index (χ1n) is 7.49. The highest BCUT2D eigenvalue weighted by Gasteiger charge is 2.51. The zero-order valence-corrected chi connectivity index (χ0v) is 13.0. The lowest BCUT2D eigenvalue weighted by Gasteiger charge is -2.24. The predicted molar refractivity (Wildman–Crippen MR) is 83.5 cm³/mol. The van der Waals surface area contributed by atoms with Crippen LogP contribution in [0.5, 0.6) is 11.5 Å². The molecule has 2 bridgehead atoms. The summed E-state index contributed by atoms with van der Waals surface area (Å²) in [7, 11) is 3.05. The van der Waals surface area contributed by atoms with Crippen molar-refractivity contribution in [3.63, 3.8) is 0 Å². The highest BCUT2D eigenvalue weighted by molar-refractivity contribution is 5.97. The molecule has 1 aromatic carbocycles. The largest absolute Gasteiger partial charge is 0.497 e. The number of methoxy groups -OCH3 is 2. The topological polar surface area (TPSA) is 84.9 Å². The van der Waals surface area contributed by atoms with Crippen LogP contribution in [0, 0.1) is 23.7 Å². The minimum Gasteiger partial charge on any atom is -0.497 e. The number of carboxylic acids is 1. The molecule has 0 radical (unpaired) electrons. The van der Waals surface area contributed by atoms with E-state index in [9.17, 15) is 14.7 Å². The first-order chi connectivity index (χ1) is 11.0. The first kappa shape index (κ1) is 15.4. The lowest BCUT2D eigenvalue weighted by molar-refractivity contribution is -0.146. The second kappa shape index (κ2) is 5.95. The maximum atomic E-state index is 12.6. The normalized spacial score (nSPS) is 27.7. The van der Waals surface area contributed by atoms with E-state index in [-0.39, 0.29) is 17.7 Å². The Morgan fingerprint density at radius 2 is 1.83 bits per heavy atom. The van der Waals surface area contributed by atoms with Crippen LogP contribution < -0.4 is 14.8 Å². The van der Waals surface area contributed by atoms with Crippen molar-refractivity contribution in [2.45, 2.75) is 6.42 Å². The Morgan fingerprint density at radius 3 is 2.43 bits per heavy atom. The molecular weight excluding hydrogens is 298 g/mol. The van der Waals surface area contributed by atoms with Gasteiger partial charge in [-0.2, -0.15) is 0 Å². The quantitative estimate of drug-likeness (QED) is 0.813. The Kier molecular flexibility index (Phi) is 3.98. The fraction of sp³-hybridized carbons (Fsp3) is 0.412. The second-order valence-electron chi connectivity index (χ2n) is 5.89. The molecule has 1 amide bonds. The van der Waals surface area contributed by atoms with Crippen molar-refractivity contribution in [2.75, 3.05) is 19.5 Å². The third-order valence-corrected chi connectivity index (χ3v) is 4.71. The molecular formula is C17H19NO5. The first-order valence-corrected chi connectivity index (χ1v) is 7.49. The van der Waals surface area contributed by atoms with Gasteiger partial charge in [0.05, 0.1) is 31.7 Å². The number of carbonyl (C=O) groups is 2. The molecule has 1 saturated carbocycles. The van der Waals surface area contributed by atoms with E-state index in [0.717, 1.165) is 6.42 Å². The van der Waals surface area contributed by atoms with Gasteiger partial charge in [0.15, 0.2) is 0 Å². The molecule has 4 atom stereocenters. The Bertz CT molecular complexity index is 669. The third kappa shape index (κ3) is 2.65. The summed E-state index contributed by atoms with van der Waals surface area (Å²) in [6.07, 6.45) is 4.61. The van der Waals surface area contributed by atoms with E-state index in [1.165, 1.54) is 7.11 Å². The monoisotopic (exact) mass is 317 g/mol. The SMILES string of the molecule is COc1ccc(NC(=O)[C@@H]2[C@@H](C(=O)O)[C@H]3C=C[C@@H]2C3)c(OC)c1. The number of nitrogens with one attached hydrogen (secondary N) is 1. The number of carbonyl (C=O) groups excluding carboxylic acids is 1. The average molecular weight is 317 g/mol. The van der Waals surface area contributed by atoms with Crippen LogP contribution >= 0.6 is 0 Å². The number of hydrogen-bond acceptors (Lipinski definition) is 4. The van der Waals surface area contributed by atoms with Gasteiger partial charge < -0.3 is 19.9 Å². The Hall–Kier alpha value is -2.50. The fourth-order valence-corrected chi connectivity index (χ4v) is 3.63. The molecule has 0 aliphatic heterocycles. The number of hydrogen-bond donors (Lipinski definition) is 2. The van der Waals surface area contributed by atoms with E-state index < -0.39 is 17.8 Å². The summed E-state index contributed by atoms with van der Waals surface area (Å²) in [5, 5.41) is 12.2. The molecule has 0 unspecified atom stereocenters. The van der Waals surface area contributed by atoms with E-state index in [0.29, 0.717) is 17.2 Å². The zero-order chi connectivity index (χ0) is 16.6. The molecule has 0 saturated heterocycles. The van der Waals surface area contributed by atoms with Crippen LogP contribution in [0.15, 0.2) is 30.4 Å². The number of carboxylic acid groups (broad SMARTS) is 1. The standard InChI is InChI=1S/C17H19NO5/c1-22-11-5-6-12(13(8-11)23-2)18-16(19)14-9-3-4-10(7-9)15(14)17(20)21/h3-6,8-10,14-15H,7H2,1-2H3,(H,18,19)(H,20,21)/t9-,10+,14+,15+/m1/s1. The molecule has 3 rings (SSSR count). The summed E-state index contributed by atoms with van der Waals surface area (Å²) in [6.45, 7) is 0. The summed E-state index contributed by atoms with van der Waals surface area (Å²) in [5.74, 6) is -1.37. The van der Waals surface area contributed by atoms with Crippen LogP contribution in [0.2, 0.25) is 0 Å². The molecule has 6 heteroatoms. The van der Waals surface area contributed by atoms with Crippen LogP contribution in [-0.2, 0) is 9.59 Å². The van der Waals surface area contributed by atoms with Crippen LogP contribution in [0.3, 0.4) is 0 Å². The highest BCUT2D eigenvalue weighted by Crippen LogP contribution is 2.48. The number of aliphatic carboxylic acids is 1. The molecule has 6 nitrogen and oxygen atoms in total. The number of allylic oxidation sites excluding steroid dienone is 2. The molecule has 23 heavy (non-hydrogen) atoms. The third-order valence-electron chi connectivity index (χ3n) is 4.71. The Morgan fingerprint density at radius 1 is 1.13 bits per heavy atom. The summed E-state index contributed by atoms with van der Waals surface area (Å²) in [5.41, 5.74) is 0.509. The average Bonchev–Trinajstić information content (AvgIpc) is 3.16. The van der Waals surface area contributed by atoms with Gasteiger partial charge in [0, 0.05) is 6.07 Å². The molecule has 0 spiro atoms. The van der Waals surface area contributed by atoms with Gasteiger partial charge in [-0.05, 0) is 30.4 Å². The minimum absolute atomic E-state index is 0.00894. The van der Waals surface area contributed by atoms with Crippen molar-refractivity contribution < 1.29 is 24.2 Å². The van der Waals surface area contributed by atoms with E-state index in [1.54, 1.807) is 25.3 Å². The number of ether oxygens (including phenoxy) is 2. The van der Waals surface area contributed by atoms with Gasteiger partial charge in [-0.25, -0.2) is 0 Å². The number of rotatable bonds is 5. The van der Waals surface area contributed by atoms with Gasteiger partial charge in [0.1, 0.15) is 11.5 Å². The highest BCUT2D eigenvalue weighted by atomic mass is 16.5. The molecule has 2 aliphatic rings. The van der Waals surface area contributed by atoms with Crippen molar-refractivity contribution in [2.24, 2.45) is 23.7 Å². The molecule has 0 heterocycles. The number of amides is 1. The number of fused-ring (bicyclic) bond motifs is 2. The van der Waals surface area contributed by atoms with Crippen LogP contribution in [0.1, 0.15) is 6.42 Å². The van der Waals surface area contributed by atoms with E-state index in [4.69, 9.17) is 9.47 Å². The Labute approximate surface area is 134 Å². The van der Waals surface area contributed by atoms with Gasteiger partial charge in [0.2, 0.25) is 5.91 Å². The van der Waals surface area contributed by atoms with Gasteiger partial charge in [-0.15, -0.1) is 0 Å². The van der Waals surface area contributed by atoms with Crippen molar-refractivity contribution >= 4 is 17.6 Å². The maximum absolute atomic E-state index is 12.6. The lowest BCUT2D eigenvalue weighted by Crippen LogP contribution is -2.36. The van der Waals surface area contributed by atoms with Crippen molar-refractivity contribution in [3.8, 4) is 11.5 Å². The fourth-order valence-electron chi connectivity index (χ4n) is 3.63. The minimum atomic E-state index is -0.913. The van der Waals surface area contributed by atoms with Crippen LogP contribution in [-0.4, -0.2) is 31.2 Å². The van der Waals surface area contributed by atoms with Gasteiger partial charge >= 0.3 is 5.97 Å². The predicted octanol–water partition coefficient (Wildman–Crippen LogP) is 2.17. The van der Waals surface area contributed by atoms with Crippen LogP contribution in [0.25, 0.3) is 0 Å². The van der Waals surface area contributed by atoms with Crippen molar-refractivity contribution in [3.05, 3.63) is 30.4 Å². The number of anilines is 1. The van der Waals surface area contributed by atoms with E-state index >= 15 is 0 Å². The summed E-state index contributed by atoms with van der Waals surface area (Å²) >= 11 is 0. The maximum Gasteiger partial charge on any atom is 0.307 e. The van der Waals surface area contributed by atoms with Gasteiger partial charge in [-0.1, -0.05) is 12.2 Å². The summed E-state index contributed by atoms with van der Waals surface area (Å²) in [6, 6.07) is 5.08. The lowest BCUT2D eigenvalue weighted by atomic mass is 9.82. The Balaban J connectivity index is 1.82. The smallest absolute Gasteiger partial charge is 0.307 e. The molecule has 1 fully saturated rings. The number of benzene rings is 1. The molecule has 1 aromatic rings. The molecule has 0 aromatic heterocycles. The van der Waals surface area contributed by atoms with Crippen molar-refractivity contribution in [1.82, 2.24) is 0 Å². The second-order valence-corrected chi connectivity index (χ2v) is 5.89. The van der Waals surface area contributed by atoms with E-state index in [2.05, 4.69) is 5.32 Å². The van der Waals surface area contributed by atoms with Gasteiger partial charge in [-0.3, -0.25) is 9.59 Å². The molecule has 2 N–H and O–H groups in total. The summed E-state index contributed by atoms with van der Waals surface area (Å²) in [4.78, 5) is 24.2. The van der Waals surface area contributed by atoms with Gasteiger partial charge in [0.25, 0.3) is 0 Å². The summed E-state index contributed by atoms with van der Waals surface area (Å²) < 4.78 is 10.4. The van der Waals surface area contributed by atoms with E-state index in [1.807, 2.05) is 12.2 Å². The van der Waals surface area contributed by atoms with Crippen LogP contribution in [0.4, 0.5) is 5.69 Å². The van der Waals surface area contributed by atoms with Crippen molar-refractivity contribution in [1.29, 1.82) is 0 Å². The molecule has 2 aliphatic carbocycles. The molecule has 122 valence electrons.